The second-order valence-corrected chi connectivity index (χ2v) is 6.24. The molecule has 0 atom stereocenters. The van der Waals surface area contributed by atoms with E-state index in [1.807, 2.05) is 18.2 Å². The van der Waals surface area contributed by atoms with Crippen LogP contribution in [0.25, 0.3) is 21.0 Å². The zero-order valence-electron chi connectivity index (χ0n) is 11.1. The number of fused-ring (bicyclic) bond motifs is 1. The molecule has 2 aromatic heterocycles. The third kappa shape index (κ3) is 2.05. The molecule has 2 heterocycles. The predicted octanol–water partition coefficient (Wildman–Crippen LogP) is 2.27. The van der Waals surface area contributed by atoms with Crippen LogP contribution in [0.5, 0.6) is 11.5 Å². The van der Waals surface area contributed by atoms with Crippen LogP contribution in [0.3, 0.4) is 0 Å². The Hall–Kier alpha value is -1.97. The minimum absolute atomic E-state index is 0.0619. The standard InChI is InChI=1S/C15H13NO3Se/c1-18-12-6-5-9-14(15(12)19-2)11(17)8-10(16-9)13-4-3-7-20-13/h3-8H,1-2H3,(H,16,17). The second-order valence-electron chi connectivity index (χ2n) is 4.25. The minimum atomic E-state index is -0.0619. The van der Waals surface area contributed by atoms with E-state index < -0.39 is 0 Å². The molecule has 0 saturated carbocycles. The first kappa shape index (κ1) is 13.0. The maximum absolute atomic E-state index is 12.4. The Labute approximate surface area is 121 Å². The van der Waals surface area contributed by atoms with Gasteiger partial charge in [-0.2, -0.15) is 0 Å². The van der Waals surface area contributed by atoms with E-state index in [1.165, 1.54) is 11.5 Å². The average molecular weight is 334 g/mol. The van der Waals surface area contributed by atoms with Crippen LogP contribution in [-0.2, 0) is 0 Å². The van der Waals surface area contributed by atoms with E-state index in [0.29, 0.717) is 16.9 Å². The number of aromatic nitrogens is 1. The summed E-state index contributed by atoms with van der Waals surface area (Å²) in [5.74, 6) is 1.03. The zero-order chi connectivity index (χ0) is 14.1. The van der Waals surface area contributed by atoms with Gasteiger partial charge in [0, 0.05) is 0 Å². The van der Waals surface area contributed by atoms with Gasteiger partial charge in [0.05, 0.1) is 0 Å². The Morgan fingerprint density at radius 1 is 1.15 bits per heavy atom. The van der Waals surface area contributed by atoms with Crippen molar-refractivity contribution in [3.8, 4) is 21.6 Å². The third-order valence-electron chi connectivity index (χ3n) is 3.12. The zero-order valence-corrected chi connectivity index (χ0v) is 12.8. The van der Waals surface area contributed by atoms with Crippen molar-refractivity contribution in [3.05, 3.63) is 45.5 Å². The first-order valence-electron chi connectivity index (χ1n) is 6.06. The molecule has 0 unspecified atom stereocenters. The number of methoxy groups -OCH3 is 2. The second kappa shape index (κ2) is 5.19. The summed E-state index contributed by atoms with van der Waals surface area (Å²) >= 11 is 0.285. The fourth-order valence-corrected chi connectivity index (χ4v) is 3.69. The van der Waals surface area contributed by atoms with Gasteiger partial charge in [-0.05, 0) is 0 Å². The van der Waals surface area contributed by atoms with Crippen LogP contribution < -0.4 is 14.9 Å². The van der Waals surface area contributed by atoms with E-state index in [4.69, 9.17) is 9.47 Å². The predicted molar refractivity (Wildman–Crippen MR) is 80.0 cm³/mol. The molecule has 4 nitrogen and oxygen atoms in total. The van der Waals surface area contributed by atoms with E-state index >= 15 is 0 Å². The fourth-order valence-electron chi connectivity index (χ4n) is 2.22. The molecule has 0 amide bonds. The number of benzene rings is 1. The summed E-state index contributed by atoms with van der Waals surface area (Å²) in [6.45, 7) is 0. The summed E-state index contributed by atoms with van der Waals surface area (Å²) < 4.78 is 11.7. The van der Waals surface area contributed by atoms with E-state index in [9.17, 15) is 4.79 Å². The van der Waals surface area contributed by atoms with Crippen LogP contribution in [0.2, 0.25) is 0 Å². The van der Waals surface area contributed by atoms with Crippen molar-refractivity contribution >= 4 is 25.4 Å². The van der Waals surface area contributed by atoms with E-state index in [-0.39, 0.29) is 19.9 Å². The molecule has 0 aliphatic heterocycles. The Morgan fingerprint density at radius 3 is 2.65 bits per heavy atom. The molecule has 5 heteroatoms. The molecule has 0 radical (unpaired) electrons. The van der Waals surface area contributed by atoms with E-state index in [2.05, 4.69) is 9.92 Å². The summed E-state index contributed by atoms with van der Waals surface area (Å²) in [6.07, 6.45) is 0. The normalized spacial score (nSPS) is 10.7. The van der Waals surface area contributed by atoms with Crippen molar-refractivity contribution in [2.75, 3.05) is 14.2 Å². The molecule has 0 fully saturated rings. The molecule has 20 heavy (non-hydrogen) atoms. The van der Waals surface area contributed by atoms with Crippen molar-refractivity contribution < 1.29 is 9.47 Å². The van der Waals surface area contributed by atoms with Gasteiger partial charge in [-0.15, -0.1) is 0 Å². The number of H-pyrrole nitrogens is 1. The first-order chi connectivity index (χ1) is 9.74. The number of hydrogen-bond acceptors (Lipinski definition) is 3. The summed E-state index contributed by atoms with van der Waals surface area (Å²) in [5.41, 5.74) is 1.57. The van der Waals surface area contributed by atoms with Crippen LogP contribution in [0.1, 0.15) is 0 Å². The third-order valence-corrected chi connectivity index (χ3v) is 5.02. The Bertz CT molecular complexity index is 806. The van der Waals surface area contributed by atoms with Gasteiger partial charge in [-0.1, -0.05) is 0 Å². The van der Waals surface area contributed by atoms with Gasteiger partial charge in [0.25, 0.3) is 0 Å². The van der Waals surface area contributed by atoms with Crippen LogP contribution in [0.4, 0.5) is 0 Å². The van der Waals surface area contributed by atoms with E-state index in [1.54, 1.807) is 19.2 Å². The number of ether oxygens (including phenoxy) is 2. The van der Waals surface area contributed by atoms with Gasteiger partial charge in [0.1, 0.15) is 0 Å². The van der Waals surface area contributed by atoms with Crippen molar-refractivity contribution in [1.82, 2.24) is 4.98 Å². The van der Waals surface area contributed by atoms with Crippen molar-refractivity contribution in [1.29, 1.82) is 0 Å². The molecule has 0 aliphatic rings. The van der Waals surface area contributed by atoms with Crippen molar-refractivity contribution in [2.24, 2.45) is 0 Å². The molecule has 3 aromatic rings. The molecule has 102 valence electrons. The van der Waals surface area contributed by atoms with Crippen molar-refractivity contribution in [3.63, 3.8) is 0 Å². The van der Waals surface area contributed by atoms with Gasteiger partial charge in [-0.25, -0.2) is 0 Å². The quantitative estimate of drug-likeness (QED) is 0.748. The SMILES string of the molecule is COc1ccc2[nH]c(-c3ccc[se]3)cc(=O)c2c1OC. The van der Waals surface area contributed by atoms with Gasteiger partial charge < -0.3 is 0 Å². The first-order valence-corrected chi connectivity index (χ1v) is 7.91. The molecule has 0 aliphatic carbocycles. The Morgan fingerprint density at radius 2 is 2.00 bits per heavy atom. The molecule has 0 bridgehead atoms. The topological polar surface area (TPSA) is 51.3 Å². The van der Waals surface area contributed by atoms with Crippen LogP contribution in [-0.4, -0.2) is 33.7 Å². The summed E-state index contributed by atoms with van der Waals surface area (Å²) in [6, 6.07) is 9.33. The van der Waals surface area contributed by atoms with Crippen molar-refractivity contribution in [2.45, 2.75) is 0 Å². The number of pyridine rings is 1. The molecular weight excluding hydrogens is 321 g/mol. The maximum atomic E-state index is 12.4. The molecule has 0 saturated heterocycles. The number of aromatic amines is 1. The monoisotopic (exact) mass is 335 g/mol. The van der Waals surface area contributed by atoms with E-state index in [0.717, 1.165) is 11.2 Å². The molecule has 3 rings (SSSR count). The van der Waals surface area contributed by atoms with Gasteiger partial charge >= 0.3 is 121 Å². The Kier molecular flexibility index (Phi) is 3.38. The number of hydrogen-bond donors (Lipinski definition) is 1. The number of rotatable bonds is 3. The van der Waals surface area contributed by atoms with Gasteiger partial charge in [0.15, 0.2) is 0 Å². The van der Waals surface area contributed by atoms with Crippen LogP contribution in [0, 0.1) is 0 Å². The number of nitrogens with one attached hydrogen (secondary N) is 1. The molecular formula is C15H13NO3Se. The molecule has 1 N–H and O–H groups in total. The summed E-state index contributed by atoms with van der Waals surface area (Å²) in [7, 11) is 3.10. The molecule has 0 spiro atoms. The average Bonchev–Trinajstić information content (AvgIpc) is 3.00. The van der Waals surface area contributed by atoms with Crippen LogP contribution >= 0.6 is 0 Å². The Balaban J connectivity index is 2.32. The van der Waals surface area contributed by atoms with Crippen LogP contribution in [0.15, 0.2) is 40.1 Å². The summed E-state index contributed by atoms with van der Waals surface area (Å²) in [4.78, 5) is 17.8. The van der Waals surface area contributed by atoms with Gasteiger partial charge in [-0.3, -0.25) is 0 Å². The fraction of sp³-hybridized carbons (Fsp3) is 0.133. The van der Waals surface area contributed by atoms with Gasteiger partial charge in [0.2, 0.25) is 0 Å². The molecule has 1 aromatic carbocycles. The summed E-state index contributed by atoms with van der Waals surface area (Å²) in [5, 5.41) is 0.523.